The molecule has 0 bridgehead atoms. The van der Waals surface area contributed by atoms with Crippen molar-refractivity contribution in [3.63, 3.8) is 0 Å². The monoisotopic (exact) mass is 150 g/mol. The highest BCUT2D eigenvalue weighted by Gasteiger charge is 2.18. The van der Waals surface area contributed by atoms with Crippen molar-refractivity contribution in [1.82, 2.24) is 0 Å². The van der Waals surface area contributed by atoms with Gasteiger partial charge in [-0.1, -0.05) is 31.4 Å². The summed E-state index contributed by atoms with van der Waals surface area (Å²) in [6.45, 7) is 7.67. The van der Waals surface area contributed by atoms with Gasteiger partial charge in [0.15, 0.2) is 0 Å². The van der Waals surface area contributed by atoms with E-state index in [0.29, 0.717) is 5.92 Å². The van der Waals surface area contributed by atoms with Gasteiger partial charge in [0.05, 0.1) is 0 Å². The fourth-order valence-corrected chi connectivity index (χ4v) is 2.00. The first kappa shape index (κ1) is 8.58. The minimum Gasteiger partial charge on any atom is -0.102 e. The van der Waals surface area contributed by atoms with Gasteiger partial charge in [0, 0.05) is 0 Å². The Bertz CT molecular complexity index is 121. The first-order valence-electron chi connectivity index (χ1n) is 4.63. The van der Waals surface area contributed by atoms with Gasteiger partial charge in [-0.15, -0.1) is 13.2 Å². The highest BCUT2D eigenvalue weighted by Crippen LogP contribution is 2.30. The number of allylic oxidation sites excluding steroid dienone is 2. The predicted molar refractivity (Wildman–Crippen MR) is 50.5 cm³/mol. The second-order valence-corrected chi connectivity index (χ2v) is 3.45. The molecule has 0 saturated heterocycles. The van der Waals surface area contributed by atoms with E-state index in [4.69, 9.17) is 0 Å². The third-order valence-electron chi connectivity index (χ3n) is 2.74. The second kappa shape index (κ2) is 4.38. The van der Waals surface area contributed by atoms with E-state index in [-0.39, 0.29) is 0 Å². The standard InChI is InChI=1S/C11H18/c1-3-10(4-2)11-8-6-5-7-9-11/h3-4,10-11H,1-2,5-9H2. The third kappa shape index (κ3) is 2.21. The molecule has 1 saturated carbocycles. The molecule has 0 radical (unpaired) electrons. The molecule has 0 N–H and O–H groups in total. The van der Waals surface area contributed by atoms with E-state index >= 15 is 0 Å². The van der Waals surface area contributed by atoms with Crippen molar-refractivity contribution in [2.24, 2.45) is 11.8 Å². The molecule has 1 fully saturated rings. The minimum atomic E-state index is 0.565. The van der Waals surface area contributed by atoms with Crippen LogP contribution in [-0.2, 0) is 0 Å². The van der Waals surface area contributed by atoms with E-state index in [1.165, 1.54) is 32.1 Å². The summed E-state index contributed by atoms with van der Waals surface area (Å²) in [5.41, 5.74) is 0. The Kier molecular flexibility index (Phi) is 3.41. The first-order chi connectivity index (χ1) is 5.38. The van der Waals surface area contributed by atoms with Crippen molar-refractivity contribution in [2.45, 2.75) is 32.1 Å². The minimum absolute atomic E-state index is 0.565. The first-order valence-corrected chi connectivity index (χ1v) is 4.63. The van der Waals surface area contributed by atoms with Gasteiger partial charge < -0.3 is 0 Å². The lowest BCUT2D eigenvalue weighted by atomic mass is 9.80. The lowest BCUT2D eigenvalue weighted by Gasteiger charge is -2.25. The maximum Gasteiger partial charge on any atom is -0.00305 e. The van der Waals surface area contributed by atoms with E-state index in [0.717, 1.165) is 5.92 Å². The molecule has 1 aliphatic carbocycles. The van der Waals surface area contributed by atoms with Crippen LogP contribution in [0, 0.1) is 11.8 Å². The van der Waals surface area contributed by atoms with Crippen LogP contribution in [0.15, 0.2) is 25.3 Å². The van der Waals surface area contributed by atoms with Crippen LogP contribution >= 0.6 is 0 Å². The summed E-state index contributed by atoms with van der Waals surface area (Å²) in [4.78, 5) is 0. The fraction of sp³-hybridized carbons (Fsp3) is 0.636. The number of hydrogen-bond acceptors (Lipinski definition) is 0. The summed E-state index contributed by atoms with van der Waals surface area (Å²) < 4.78 is 0. The summed E-state index contributed by atoms with van der Waals surface area (Å²) in [5.74, 6) is 1.41. The van der Waals surface area contributed by atoms with Crippen LogP contribution in [0.25, 0.3) is 0 Å². The van der Waals surface area contributed by atoms with Gasteiger partial charge in [-0.25, -0.2) is 0 Å². The van der Waals surface area contributed by atoms with Crippen LogP contribution in [-0.4, -0.2) is 0 Å². The van der Waals surface area contributed by atoms with Gasteiger partial charge in [0.1, 0.15) is 0 Å². The summed E-state index contributed by atoms with van der Waals surface area (Å²) in [6, 6.07) is 0. The fourth-order valence-electron chi connectivity index (χ4n) is 2.00. The molecule has 62 valence electrons. The zero-order valence-corrected chi connectivity index (χ0v) is 7.26. The molecule has 0 amide bonds. The van der Waals surface area contributed by atoms with Gasteiger partial charge in [0.25, 0.3) is 0 Å². The molecule has 0 heterocycles. The molecule has 0 atom stereocenters. The van der Waals surface area contributed by atoms with E-state index in [9.17, 15) is 0 Å². The molecule has 0 aliphatic heterocycles. The van der Waals surface area contributed by atoms with Crippen LogP contribution in [0.1, 0.15) is 32.1 Å². The predicted octanol–water partition coefficient (Wildman–Crippen LogP) is 3.55. The quantitative estimate of drug-likeness (QED) is 0.540. The largest absolute Gasteiger partial charge is 0.102 e. The molecule has 0 unspecified atom stereocenters. The normalized spacial score (nSPS) is 20.1. The van der Waals surface area contributed by atoms with Gasteiger partial charge in [0.2, 0.25) is 0 Å². The average molecular weight is 150 g/mol. The molecule has 0 aromatic heterocycles. The summed E-state index contributed by atoms with van der Waals surface area (Å²) in [6.07, 6.45) is 11.1. The summed E-state index contributed by atoms with van der Waals surface area (Å²) >= 11 is 0. The SMILES string of the molecule is C=CC(C=C)C1CCCCC1. The molecule has 1 aliphatic rings. The Balaban J connectivity index is 2.42. The molecule has 0 aromatic rings. The molecule has 11 heavy (non-hydrogen) atoms. The molecule has 0 heteroatoms. The topological polar surface area (TPSA) is 0 Å². The molecule has 1 rings (SSSR count). The Hall–Kier alpha value is -0.520. The van der Waals surface area contributed by atoms with Crippen molar-refractivity contribution in [2.75, 3.05) is 0 Å². The smallest absolute Gasteiger partial charge is 0.00305 e. The van der Waals surface area contributed by atoms with E-state index in [1.54, 1.807) is 0 Å². The zero-order chi connectivity index (χ0) is 8.10. The molecular formula is C11H18. The van der Waals surface area contributed by atoms with E-state index in [1.807, 2.05) is 12.2 Å². The van der Waals surface area contributed by atoms with Crippen LogP contribution in [0.5, 0.6) is 0 Å². The number of hydrogen-bond donors (Lipinski definition) is 0. The molecule has 0 nitrogen and oxygen atoms in total. The molecular weight excluding hydrogens is 132 g/mol. The van der Waals surface area contributed by atoms with Crippen molar-refractivity contribution in [3.05, 3.63) is 25.3 Å². The van der Waals surface area contributed by atoms with Crippen molar-refractivity contribution < 1.29 is 0 Å². The lowest BCUT2D eigenvalue weighted by molar-refractivity contribution is 0.318. The van der Waals surface area contributed by atoms with Crippen molar-refractivity contribution in [1.29, 1.82) is 0 Å². The molecule has 0 aromatic carbocycles. The highest BCUT2D eigenvalue weighted by atomic mass is 14.2. The van der Waals surface area contributed by atoms with E-state index < -0.39 is 0 Å². The number of rotatable bonds is 3. The van der Waals surface area contributed by atoms with Gasteiger partial charge in [-0.05, 0) is 24.7 Å². The average Bonchev–Trinajstić information content (AvgIpc) is 2.09. The maximum atomic E-state index is 3.84. The van der Waals surface area contributed by atoms with E-state index in [2.05, 4.69) is 13.2 Å². The van der Waals surface area contributed by atoms with Crippen molar-refractivity contribution in [3.8, 4) is 0 Å². The maximum absolute atomic E-state index is 3.84. The summed E-state index contributed by atoms with van der Waals surface area (Å²) in [5, 5.41) is 0. The lowest BCUT2D eigenvalue weighted by Crippen LogP contribution is -2.13. The van der Waals surface area contributed by atoms with Crippen LogP contribution in [0.3, 0.4) is 0 Å². The van der Waals surface area contributed by atoms with Gasteiger partial charge in [-0.3, -0.25) is 0 Å². The van der Waals surface area contributed by atoms with Crippen LogP contribution in [0.2, 0.25) is 0 Å². The second-order valence-electron chi connectivity index (χ2n) is 3.45. The zero-order valence-electron chi connectivity index (χ0n) is 7.26. The van der Waals surface area contributed by atoms with Crippen LogP contribution < -0.4 is 0 Å². The Morgan fingerprint density at radius 2 is 1.55 bits per heavy atom. The third-order valence-corrected chi connectivity index (χ3v) is 2.74. The Morgan fingerprint density at radius 1 is 1.00 bits per heavy atom. The highest BCUT2D eigenvalue weighted by molar-refractivity contribution is 4.96. The Morgan fingerprint density at radius 3 is 2.00 bits per heavy atom. The van der Waals surface area contributed by atoms with Crippen molar-refractivity contribution >= 4 is 0 Å². The van der Waals surface area contributed by atoms with Crippen LogP contribution in [0.4, 0.5) is 0 Å². The molecule has 0 spiro atoms. The Labute approximate surface area is 70.0 Å². The van der Waals surface area contributed by atoms with Gasteiger partial charge in [-0.2, -0.15) is 0 Å². The van der Waals surface area contributed by atoms with Gasteiger partial charge >= 0.3 is 0 Å². The summed E-state index contributed by atoms with van der Waals surface area (Å²) in [7, 11) is 0.